The summed E-state index contributed by atoms with van der Waals surface area (Å²) >= 11 is 27.1. The van der Waals surface area contributed by atoms with Crippen molar-refractivity contribution in [2.75, 3.05) is 20.1 Å². The maximum Gasteiger partial charge on any atom is 0.131 e. The number of imidazole rings is 2. The Balaban J connectivity index is 0.000000104. The van der Waals surface area contributed by atoms with Crippen molar-refractivity contribution >= 4 is 339 Å². The van der Waals surface area contributed by atoms with Crippen molar-refractivity contribution in [3.63, 3.8) is 0 Å². The minimum Gasteiger partial charge on any atom is -0.354 e. The summed E-state index contributed by atoms with van der Waals surface area (Å²) in [6.45, 7) is 0. The van der Waals surface area contributed by atoms with Crippen LogP contribution in [-0.4, -0.2) is 27.5 Å². The molecule has 0 bridgehead atoms. The lowest BCUT2D eigenvalue weighted by Gasteiger charge is -2.26. The zero-order chi connectivity index (χ0) is 98.1. The third-order valence-electron chi connectivity index (χ3n) is 29.1. The minimum absolute atomic E-state index is 0. The molecule has 6 nitrogen and oxygen atoms in total. The number of halogens is 6. The molecule has 147 heavy (non-hydrogen) atoms. The number of hydrogen-bond donors (Lipinski definition) is 1. The number of anilines is 5. The van der Waals surface area contributed by atoms with Gasteiger partial charge in [0.25, 0.3) is 0 Å². The molecule has 0 saturated carbocycles. The monoisotopic (exact) mass is 2320 g/mol. The van der Waals surface area contributed by atoms with Crippen molar-refractivity contribution < 1.29 is 0 Å². The van der Waals surface area contributed by atoms with E-state index in [4.69, 9.17) is 23.2 Å². The van der Waals surface area contributed by atoms with Gasteiger partial charge in [0.1, 0.15) is 11.3 Å². The lowest BCUT2D eigenvalue weighted by Crippen LogP contribution is -2.10. The van der Waals surface area contributed by atoms with Gasteiger partial charge in [-0.3, -0.25) is 17.6 Å². The Labute approximate surface area is 911 Å². The van der Waals surface area contributed by atoms with Crippen LogP contribution in [0.1, 0.15) is 29.7 Å². The summed E-state index contributed by atoms with van der Waals surface area (Å²) in [6, 6.07) is 164. The molecule has 1 N–H and O–H groups in total. The fourth-order valence-corrected chi connectivity index (χ4v) is 26.3. The topological polar surface area (TPSA) is 32.9 Å². The molecule has 706 valence electrons. The standard InChI is InChI=1S/C52H31N3S.C28H19NS.C24H13ClN2.C16H12.C10H5Br2Cl.2CH3I.CH4/c1-2-13-38-32(11-1)12-9-17-39(38)33-23-26-36(27-24-33)53(46-21-10-18-41-40-14-5-8-22-49(40)56-51(41)46)37-28-25-34-30-47-48(31-35(34)29-37)55-45-20-7-4-16-43(45)50-42-15-3-6-19-44(42)54(47)52(50)55;1-2-9-22-19(7-1)8-5-11-23(22)20-15-17-21(18-16-20)29-26-13-6-12-25-24-10-3-4-14-27(24)30-28(25)26;25-16-10-9-14-12-21-22(13-15(14)11-16)27-20-8-4-2-6-18(20)23-17-5-1-3-7-19(17)26(21)24(23)27;1-3-7-14-11(5-1)9-13-10-12-6-2-4-8-15(12)16(13)14;11-9-4-6-1-2-8(13)3-7(6)5-10(9)12;2*1-2;/h1-31H;1-18,29H;1-13H;1-8H,9-10H2;1-5H;2*1H3;1H4. The van der Waals surface area contributed by atoms with Crippen molar-refractivity contribution in [3.05, 3.63) is 502 Å². The van der Waals surface area contributed by atoms with E-state index < -0.39 is 0 Å². The molecular weight excluding hydrogens is 2230 g/mol. The number of thiophene rings is 2. The summed E-state index contributed by atoms with van der Waals surface area (Å²) in [5.74, 6) is 0. The van der Waals surface area contributed by atoms with Gasteiger partial charge in [-0.05, 0) is 304 Å². The number of alkyl halides is 2. The summed E-state index contributed by atoms with van der Waals surface area (Å²) in [5.41, 5.74) is 32.1. The SMILES string of the molecule is C.CI.CI.Clc1ccc2cc(Br)c(Br)cc2c1.Clc1ccc2cc3c(cc2c1)n1c2ccccc2c2c4ccccc4n3c21.c1ccc2c(-c3ccc(N(c4ccc5cc6c(cc5c4)n4c5ccccc5c5c7ccccc7n6c54)c4cccc5c4sc4ccccc45)cc3)cccc2c1.c1ccc2c(-c3ccc(Nc4cccc5c4sc4ccccc45)cc3)cccc2c1.c1ccc2c(c1)CC1=C2c2ccccc2C1. The van der Waals surface area contributed by atoms with Gasteiger partial charge in [0, 0.05) is 99.3 Å². The summed E-state index contributed by atoms with van der Waals surface area (Å²) in [5, 5.41) is 30.5. The quantitative estimate of drug-likeness (QED) is 0.127. The van der Waals surface area contributed by atoms with Gasteiger partial charge >= 0.3 is 0 Å². The molecule has 8 aromatic heterocycles. The van der Waals surface area contributed by atoms with Crippen LogP contribution in [0.4, 0.5) is 28.4 Å². The maximum atomic E-state index is 6.26. The molecule has 0 atom stereocenters. The summed E-state index contributed by atoms with van der Waals surface area (Å²) in [7, 11) is 0. The molecule has 0 saturated heterocycles. The number of nitrogens with one attached hydrogen (secondary N) is 1. The first kappa shape index (κ1) is 93.6. The van der Waals surface area contributed by atoms with E-state index in [1.165, 1.54) is 232 Å². The van der Waals surface area contributed by atoms with Crippen LogP contribution < -0.4 is 10.2 Å². The van der Waals surface area contributed by atoms with E-state index in [1.807, 2.05) is 68.9 Å². The average molecular weight is 2320 g/mol. The molecule has 0 amide bonds. The van der Waals surface area contributed by atoms with Crippen LogP contribution in [0.25, 0.3) is 210 Å². The zero-order valence-corrected chi connectivity index (χ0v) is 89.7. The van der Waals surface area contributed by atoms with Gasteiger partial charge < -0.3 is 10.2 Å². The van der Waals surface area contributed by atoms with Gasteiger partial charge in [0.15, 0.2) is 0 Å². The minimum atomic E-state index is 0. The second-order valence-electron chi connectivity index (χ2n) is 37.1. The number of rotatable bonds is 7. The molecule has 0 radical (unpaired) electrons. The Morgan fingerprint density at radius 2 is 0.626 bits per heavy atom. The fraction of sp³-hybridized carbons (Fsp3) is 0.0376. The maximum absolute atomic E-state index is 6.26. The molecule has 30 aromatic rings. The average Bonchev–Trinajstić information content (AvgIpc) is 1.51. The zero-order valence-electron chi connectivity index (χ0n) is 79.0. The van der Waals surface area contributed by atoms with E-state index in [2.05, 4.69) is 523 Å². The molecule has 0 unspecified atom stereocenters. The molecule has 2 aliphatic rings. The van der Waals surface area contributed by atoms with Crippen molar-refractivity contribution in [2.24, 2.45) is 0 Å². The van der Waals surface area contributed by atoms with Crippen molar-refractivity contribution in [1.29, 1.82) is 0 Å². The van der Waals surface area contributed by atoms with Crippen molar-refractivity contribution in [2.45, 2.75) is 20.3 Å². The highest BCUT2D eigenvalue weighted by molar-refractivity contribution is 14.1. The van der Waals surface area contributed by atoms with Crippen LogP contribution in [-0.2, 0) is 12.8 Å². The predicted octanol–water partition coefficient (Wildman–Crippen LogP) is 41.8. The number of fused-ring (bicyclic) bond motifs is 33. The molecule has 32 rings (SSSR count). The molecule has 14 heteroatoms. The normalized spacial score (nSPS) is 12.1. The Bertz CT molecular complexity index is 10400. The highest BCUT2D eigenvalue weighted by atomic mass is 127. The third-order valence-corrected chi connectivity index (χ3v) is 33.8. The molecular formula is C133H90Br2Cl2I2N6S2. The Morgan fingerprint density at radius 3 is 1.12 bits per heavy atom. The Morgan fingerprint density at radius 1 is 0.279 bits per heavy atom. The first-order valence-electron chi connectivity index (χ1n) is 48.7. The van der Waals surface area contributed by atoms with E-state index in [9.17, 15) is 0 Å². The summed E-state index contributed by atoms with van der Waals surface area (Å²) in [6.07, 6.45) is 2.31. The number of benzene rings is 22. The van der Waals surface area contributed by atoms with Gasteiger partial charge in [-0.1, -0.05) is 391 Å². The van der Waals surface area contributed by atoms with Crippen LogP contribution in [0.15, 0.2) is 469 Å². The molecule has 0 spiro atoms. The van der Waals surface area contributed by atoms with Crippen LogP contribution >= 0.6 is 123 Å². The second kappa shape index (κ2) is 39.1. The van der Waals surface area contributed by atoms with Crippen LogP contribution in [0.5, 0.6) is 0 Å². The Kier molecular flexibility index (Phi) is 24.9. The first-order valence-corrected chi connectivity index (χ1v) is 57.0. The smallest absolute Gasteiger partial charge is 0.131 e. The molecule has 2 aliphatic carbocycles. The van der Waals surface area contributed by atoms with Gasteiger partial charge in [-0.2, -0.15) is 0 Å². The lowest BCUT2D eigenvalue weighted by molar-refractivity contribution is 1.09. The van der Waals surface area contributed by atoms with Crippen LogP contribution in [0.2, 0.25) is 10.0 Å². The van der Waals surface area contributed by atoms with Crippen molar-refractivity contribution in [1.82, 2.24) is 17.6 Å². The number of nitrogens with zero attached hydrogens (tertiary/aromatic N) is 5. The van der Waals surface area contributed by atoms with Gasteiger partial charge in [-0.15, -0.1) is 22.7 Å². The number of allylic oxidation sites excluding steroid dienone is 1. The lowest BCUT2D eigenvalue weighted by atomic mass is 9.98. The van der Waals surface area contributed by atoms with E-state index >= 15 is 0 Å². The van der Waals surface area contributed by atoms with Crippen molar-refractivity contribution in [3.8, 4) is 22.3 Å². The summed E-state index contributed by atoms with van der Waals surface area (Å²) < 4.78 is 17.1. The highest BCUT2D eigenvalue weighted by Crippen LogP contribution is 2.51. The van der Waals surface area contributed by atoms with E-state index in [0.717, 1.165) is 60.0 Å². The third kappa shape index (κ3) is 16.1. The van der Waals surface area contributed by atoms with E-state index in [0.29, 0.717) is 0 Å². The van der Waals surface area contributed by atoms with Gasteiger partial charge in [0.05, 0.1) is 64.9 Å². The van der Waals surface area contributed by atoms with E-state index in [1.54, 1.807) is 5.57 Å². The van der Waals surface area contributed by atoms with Gasteiger partial charge in [0.2, 0.25) is 0 Å². The fourth-order valence-electron chi connectivity index (χ4n) is 22.8. The molecule has 22 aromatic carbocycles. The highest BCUT2D eigenvalue weighted by Gasteiger charge is 2.31. The van der Waals surface area contributed by atoms with E-state index in [-0.39, 0.29) is 7.43 Å². The van der Waals surface area contributed by atoms with Gasteiger partial charge in [-0.25, -0.2) is 0 Å². The number of hydrogen-bond acceptors (Lipinski definition) is 4. The molecule has 8 heterocycles. The molecule has 0 aliphatic heterocycles. The first-order chi connectivity index (χ1) is 72.1. The van der Waals surface area contributed by atoms with Crippen LogP contribution in [0, 0.1) is 0 Å². The van der Waals surface area contributed by atoms with Crippen LogP contribution in [0.3, 0.4) is 0 Å². The second-order valence-corrected chi connectivity index (χ2v) is 41.8. The summed E-state index contributed by atoms with van der Waals surface area (Å²) in [4.78, 5) is 6.40. The largest absolute Gasteiger partial charge is 0.354 e. The number of para-hydroxylation sites is 4. The Hall–Kier alpha value is -14.4. The predicted molar refractivity (Wildman–Crippen MR) is 664 cm³/mol. The number of aromatic nitrogens is 4. The molecule has 0 fully saturated rings.